The van der Waals surface area contributed by atoms with Crippen LogP contribution in [0.1, 0.15) is 51.3 Å². The third-order valence-corrected chi connectivity index (χ3v) is 5.28. The van der Waals surface area contributed by atoms with Gasteiger partial charge in [-0.15, -0.1) is 0 Å². The van der Waals surface area contributed by atoms with Crippen molar-refractivity contribution in [3.63, 3.8) is 0 Å². The average Bonchev–Trinajstić information content (AvgIpc) is 2.97. The highest BCUT2D eigenvalue weighted by molar-refractivity contribution is 6.16. The molecule has 1 aliphatic heterocycles. The molecule has 1 unspecified atom stereocenters. The number of aryl methyl sites for hydroxylation is 1. The zero-order chi connectivity index (χ0) is 22.7. The van der Waals surface area contributed by atoms with Gasteiger partial charge < -0.3 is 9.84 Å². The van der Waals surface area contributed by atoms with Crippen molar-refractivity contribution >= 4 is 17.4 Å². The maximum atomic E-state index is 13.1. The minimum atomic E-state index is -0.664. The number of aliphatic hydroxyl groups is 1. The molecule has 0 aliphatic carbocycles. The number of ketones is 1. The molecule has 31 heavy (non-hydrogen) atoms. The van der Waals surface area contributed by atoms with E-state index in [0.717, 1.165) is 11.1 Å². The molecule has 0 saturated carbocycles. The molecule has 3 rings (SSSR count). The van der Waals surface area contributed by atoms with Crippen molar-refractivity contribution in [2.24, 2.45) is 11.8 Å². The van der Waals surface area contributed by atoms with Crippen LogP contribution in [-0.2, 0) is 9.59 Å². The second kappa shape index (κ2) is 9.38. The first-order valence-electron chi connectivity index (χ1n) is 10.8. The lowest BCUT2D eigenvalue weighted by Crippen LogP contribution is -2.31. The number of amides is 1. The predicted molar refractivity (Wildman–Crippen MR) is 122 cm³/mol. The van der Waals surface area contributed by atoms with E-state index < -0.39 is 17.7 Å². The number of hydrogen-bond donors (Lipinski definition) is 1. The SMILES string of the molecule is Cc1ccccc1C1C(C(=O)CC(C)C)=C(O)C(=O)N1c1ccc(OCC(C)C)cc1. The van der Waals surface area contributed by atoms with E-state index in [4.69, 9.17) is 4.74 Å². The molecule has 1 amide bonds. The molecule has 2 aromatic rings. The van der Waals surface area contributed by atoms with Gasteiger partial charge in [0.2, 0.25) is 0 Å². The molecule has 2 aromatic carbocycles. The molecule has 5 heteroatoms. The summed E-state index contributed by atoms with van der Waals surface area (Å²) >= 11 is 0. The van der Waals surface area contributed by atoms with Crippen molar-refractivity contribution < 1.29 is 19.4 Å². The Kier molecular flexibility index (Phi) is 6.84. The van der Waals surface area contributed by atoms with Crippen LogP contribution in [0.15, 0.2) is 59.9 Å². The lowest BCUT2D eigenvalue weighted by atomic mass is 9.90. The number of anilines is 1. The topological polar surface area (TPSA) is 66.8 Å². The molecular weight excluding hydrogens is 390 g/mol. The van der Waals surface area contributed by atoms with Gasteiger partial charge in [0.15, 0.2) is 11.5 Å². The molecule has 1 N–H and O–H groups in total. The van der Waals surface area contributed by atoms with Crippen LogP contribution in [0, 0.1) is 18.8 Å². The highest BCUT2D eigenvalue weighted by Gasteiger charge is 2.44. The van der Waals surface area contributed by atoms with E-state index in [1.165, 1.54) is 4.90 Å². The Balaban J connectivity index is 2.04. The van der Waals surface area contributed by atoms with E-state index in [2.05, 4.69) is 13.8 Å². The van der Waals surface area contributed by atoms with Crippen LogP contribution in [0.2, 0.25) is 0 Å². The smallest absolute Gasteiger partial charge is 0.294 e. The van der Waals surface area contributed by atoms with Crippen LogP contribution >= 0.6 is 0 Å². The third-order valence-electron chi connectivity index (χ3n) is 5.28. The Bertz CT molecular complexity index is 989. The number of benzene rings is 2. The summed E-state index contributed by atoms with van der Waals surface area (Å²) in [5.74, 6) is 0.0152. The molecule has 5 nitrogen and oxygen atoms in total. The average molecular weight is 422 g/mol. The maximum Gasteiger partial charge on any atom is 0.294 e. The van der Waals surface area contributed by atoms with Crippen molar-refractivity contribution in [1.82, 2.24) is 0 Å². The number of Topliss-reactive ketones (excluding diaryl/α,β-unsaturated/α-hetero) is 1. The van der Waals surface area contributed by atoms with E-state index in [-0.39, 0.29) is 23.7 Å². The number of carbonyl (C=O) groups is 2. The fraction of sp³-hybridized carbons (Fsp3) is 0.385. The molecule has 0 saturated heterocycles. The number of nitrogens with zero attached hydrogens (tertiary/aromatic N) is 1. The van der Waals surface area contributed by atoms with E-state index in [0.29, 0.717) is 24.0 Å². The minimum absolute atomic E-state index is 0.117. The predicted octanol–water partition coefficient (Wildman–Crippen LogP) is 5.55. The van der Waals surface area contributed by atoms with Crippen molar-refractivity contribution in [1.29, 1.82) is 0 Å². The Labute approximate surface area is 184 Å². The van der Waals surface area contributed by atoms with E-state index in [9.17, 15) is 14.7 Å². The van der Waals surface area contributed by atoms with Gasteiger partial charge in [-0.05, 0) is 54.2 Å². The van der Waals surface area contributed by atoms with Gasteiger partial charge in [0.1, 0.15) is 5.75 Å². The number of ether oxygens (including phenoxy) is 1. The molecule has 164 valence electrons. The Hall–Kier alpha value is -3.08. The molecule has 0 bridgehead atoms. The molecule has 1 aliphatic rings. The molecule has 0 aromatic heterocycles. The highest BCUT2D eigenvalue weighted by atomic mass is 16.5. The largest absolute Gasteiger partial charge is 0.503 e. The first-order chi connectivity index (χ1) is 14.7. The zero-order valence-electron chi connectivity index (χ0n) is 18.9. The first kappa shape index (κ1) is 22.6. The minimum Gasteiger partial charge on any atom is -0.503 e. The standard InChI is InChI=1S/C26H31NO4/c1-16(2)14-22(28)23-24(21-9-7-6-8-18(21)5)27(26(30)25(23)29)19-10-12-20(13-11-19)31-15-17(3)4/h6-13,16-17,24,29H,14-15H2,1-5H3. The van der Waals surface area contributed by atoms with Gasteiger partial charge in [-0.1, -0.05) is 52.0 Å². The normalized spacial score (nSPS) is 16.5. The van der Waals surface area contributed by atoms with Gasteiger partial charge in [-0.25, -0.2) is 0 Å². The Morgan fingerprint density at radius 1 is 1.03 bits per heavy atom. The van der Waals surface area contributed by atoms with Crippen LogP contribution in [0.4, 0.5) is 5.69 Å². The molecular formula is C26H31NO4. The molecule has 1 heterocycles. The van der Waals surface area contributed by atoms with Crippen LogP contribution in [0.25, 0.3) is 0 Å². The molecule has 1 atom stereocenters. The number of rotatable bonds is 8. The molecule has 0 fully saturated rings. The maximum absolute atomic E-state index is 13.1. The van der Waals surface area contributed by atoms with Gasteiger partial charge in [-0.2, -0.15) is 0 Å². The number of carbonyl (C=O) groups excluding carboxylic acids is 2. The van der Waals surface area contributed by atoms with Gasteiger partial charge in [0, 0.05) is 12.1 Å². The van der Waals surface area contributed by atoms with Crippen molar-refractivity contribution in [3.05, 3.63) is 71.0 Å². The number of hydrogen-bond acceptors (Lipinski definition) is 4. The third kappa shape index (κ3) is 4.82. The summed E-state index contributed by atoms with van der Waals surface area (Å²) in [5, 5.41) is 10.7. The van der Waals surface area contributed by atoms with Gasteiger partial charge in [0.05, 0.1) is 18.2 Å². The van der Waals surface area contributed by atoms with E-state index >= 15 is 0 Å². The second-order valence-electron chi connectivity index (χ2n) is 8.92. The summed E-state index contributed by atoms with van der Waals surface area (Å²) < 4.78 is 5.75. The van der Waals surface area contributed by atoms with Crippen LogP contribution in [-0.4, -0.2) is 23.4 Å². The molecule has 0 radical (unpaired) electrons. The van der Waals surface area contributed by atoms with Gasteiger partial charge in [0.25, 0.3) is 5.91 Å². The van der Waals surface area contributed by atoms with E-state index in [1.54, 1.807) is 12.1 Å². The quantitative estimate of drug-likeness (QED) is 0.607. The van der Waals surface area contributed by atoms with Crippen molar-refractivity contribution in [3.8, 4) is 5.75 Å². The van der Waals surface area contributed by atoms with Crippen LogP contribution < -0.4 is 9.64 Å². The Morgan fingerprint density at radius 3 is 2.26 bits per heavy atom. The zero-order valence-corrected chi connectivity index (χ0v) is 18.9. The summed E-state index contributed by atoms with van der Waals surface area (Å²) in [5.41, 5.74) is 2.56. The summed E-state index contributed by atoms with van der Waals surface area (Å²) in [4.78, 5) is 27.7. The summed E-state index contributed by atoms with van der Waals surface area (Å²) in [7, 11) is 0. The van der Waals surface area contributed by atoms with Crippen LogP contribution in [0.3, 0.4) is 0 Å². The van der Waals surface area contributed by atoms with E-state index in [1.807, 2.05) is 57.2 Å². The summed E-state index contributed by atoms with van der Waals surface area (Å²) in [6, 6.07) is 14.2. The van der Waals surface area contributed by atoms with Gasteiger partial charge >= 0.3 is 0 Å². The summed E-state index contributed by atoms with van der Waals surface area (Å²) in [6.07, 6.45) is 0.269. The van der Waals surface area contributed by atoms with Crippen LogP contribution in [0.5, 0.6) is 5.75 Å². The fourth-order valence-corrected chi connectivity index (χ4v) is 3.79. The first-order valence-corrected chi connectivity index (χ1v) is 10.8. The highest BCUT2D eigenvalue weighted by Crippen LogP contribution is 2.42. The summed E-state index contributed by atoms with van der Waals surface area (Å²) in [6.45, 7) is 10.6. The second-order valence-corrected chi connectivity index (χ2v) is 8.92. The fourth-order valence-electron chi connectivity index (χ4n) is 3.79. The van der Waals surface area contributed by atoms with Gasteiger partial charge in [-0.3, -0.25) is 14.5 Å². The lowest BCUT2D eigenvalue weighted by molar-refractivity contribution is -0.118. The van der Waals surface area contributed by atoms with Crippen molar-refractivity contribution in [2.45, 2.75) is 47.1 Å². The molecule has 0 spiro atoms. The van der Waals surface area contributed by atoms with Crippen molar-refractivity contribution in [2.75, 3.05) is 11.5 Å². The Morgan fingerprint density at radius 2 is 1.68 bits per heavy atom. The lowest BCUT2D eigenvalue weighted by Gasteiger charge is -2.28. The monoisotopic (exact) mass is 421 g/mol. The number of aliphatic hydroxyl groups excluding tert-OH is 1.